The van der Waals surface area contributed by atoms with E-state index in [9.17, 15) is 9.35 Å². The number of carbonyl (C=O) groups is 1. The normalized spacial score (nSPS) is 16.4. The zero-order valence-electron chi connectivity index (χ0n) is 27.5. The van der Waals surface area contributed by atoms with Crippen molar-refractivity contribution in [1.82, 2.24) is 19.9 Å². The average molecular weight is 665 g/mol. The number of ether oxygens (including phenoxy) is 3. The van der Waals surface area contributed by atoms with Gasteiger partial charge in [-0.15, -0.1) is 0 Å². The molecule has 4 aromatic rings. The highest BCUT2D eigenvalue weighted by atomic mass is 32.2. The summed E-state index contributed by atoms with van der Waals surface area (Å²) in [5.74, 6) is 0.863. The number of hydrogen-bond acceptors (Lipinski definition) is 10. The first-order valence-electron chi connectivity index (χ1n) is 15.5. The monoisotopic (exact) mass is 664 g/mol. The standard InChI is InChI=1S/C34H41FN6O5S/c1-21-11-12-24-25(13-14-27(35)29(24)40-47(43)20-22(2)44-6)30(21)45-31-26(10-7-16-36-31)28-15-17-37-32(39-28)38-23-9-8-18-41(19-23)33(42)46-34(3,4)5/h7,10-17,22-23,40H,8-9,18-20H2,1-6H3,(H,37,38,39)/t22-,23-,47?/m0/s1. The number of hydrogen-bond donors (Lipinski definition) is 2. The van der Waals surface area contributed by atoms with Gasteiger partial charge >= 0.3 is 6.09 Å². The number of nitrogens with zero attached hydrogens (tertiary/aromatic N) is 4. The Hall–Kier alpha value is -4.20. The van der Waals surface area contributed by atoms with Gasteiger partial charge in [0.1, 0.15) is 23.1 Å². The second-order valence-electron chi connectivity index (χ2n) is 12.5. The molecule has 0 aliphatic carbocycles. The molecule has 47 heavy (non-hydrogen) atoms. The lowest BCUT2D eigenvalue weighted by molar-refractivity contribution is 0.0206. The van der Waals surface area contributed by atoms with E-state index in [-0.39, 0.29) is 29.7 Å². The van der Waals surface area contributed by atoms with Crippen LogP contribution in [0.3, 0.4) is 0 Å². The van der Waals surface area contributed by atoms with Crippen LogP contribution in [-0.2, 0) is 20.8 Å². The van der Waals surface area contributed by atoms with E-state index < -0.39 is 22.8 Å². The number of piperidine rings is 1. The summed E-state index contributed by atoms with van der Waals surface area (Å²) >= 11 is -1.57. The van der Waals surface area contributed by atoms with E-state index in [2.05, 4.69) is 20.0 Å². The van der Waals surface area contributed by atoms with Gasteiger partial charge in [-0.2, -0.15) is 0 Å². The summed E-state index contributed by atoms with van der Waals surface area (Å²) < 4.78 is 47.8. The van der Waals surface area contributed by atoms with Crippen LogP contribution in [0.15, 0.2) is 54.9 Å². The number of halogens is 1. The van der Waals surface area contributed by atoms with Crippen LogP contribution in [-0.4, -0.2) is 74.2 Å². The van der Waals surface area contributed by atoms with Crippen molar-refractivity contribution >= 4 is 39.9 Å². The fourth-order valence-electron chi connectivity index (χ4n) is 5.25. The number of methoxy groups -OCH3 is 1. The van der Waals surface area contributed by atoms with Crippen molar-refractivity contribution in [2.75, 3.05) is 36.0 Å². The second kappa shape index (κ2) is 14.7. The van der Waals surface area contributed by atoms with E-state index in [4.69, 9.17) is 19.2 Å². The molecule has 0 radical (unpaired) electrons. The molecule has 13 heteroatoms. The largest absolute Gasteiger partial charge is 0.593 e. The van der Waals surface area contributed by atoms with Gasteiger partial charge in [0.2, 0.25) is 11.8 Å². The van der Waals surface area contributed by atoms with Gasteiger partial charge in [-0.3, -0.25) is 0 Å². The summed E-state index contributed by atoms with van der Waals surface area (Å²) in [7, 11) is 1.54. The van der Waals surface area contributed by atoms with E-state index in [0.717, 1.165) is 18.4 Å². The third-order valence-electron chi connectivity index (χ3n) is 7.61. The van der Waals surface area contributed by atoms with Gasteiger partial charge in [0, 0.05) is 49.4 Å². The number of aryl methyl sites for hydroxylation is 1. The molecule has 1 amide bonds. The molecule has 2 N–H and O–H groups in total. The molecule has 1 fully saturated rings. The van der Waals surface area contributed by atoms with Crippen LogP contribution in [0.5, 0.6) is 11.6 Å². The van der Waals surface area contributed by atoms with Gasteiger partial charge < -0.3 is 29.0 Å². The van der Waals surface area contributed by atoms with E-state index in [1.807, 2.05) is 39.8 Å². The smallest absolute Gasteiger partial charge is 0.410 e. The van der Waals surface area contributed by atoms with Crippen LogP contribution in [0, 0.1) is 12.7 Å². The lowest BCUT2D eigenvalue weighted by atomic mass is 10.0. The number of rotatable bonds is 10. The molecule has 0 saturated carbocycles. The number of likely N-dealkylation sites (tertiary alicyclic amines) is 1. The Morgan fingerprint density at radius 3 is 2.70 bits per heavy atom. The summed E-state index contributed by atoms with van der Waals surface area (Å²) in [4.78, 5) is 28.1. The molecule has 1 unspecified atom stereocenters. The number of amides is 1. The predicted octanol–water partition coefficient (Wildman–Crippen LogP) is 6.85. The molecule has 0 spiro atoms. The van der Waals surface area contributed by atoms with Gasteiger partial charge in [-0.05, 0) is 83.4 Å². The number of aromatic nitrogens is 3. The molecule has 1 saturated heterocycles. The lowest BCUT2D eigenvalue weighted by Gasteiger charge is -2.34. The van der Waals surface area contributed by atoms with Gasteiger partial charge in [0.05, 0.1) is 22.6 Å². The van der Waals surface area contributed by atoms with Gasteiger partial charge in [0.25, 0.3) is 0 Å². The fraction of sp³-hybridized carbons (Fsp3) is 0.412. The maximum Gasteiger partial charge on any atom is 0.410 e. The first-order valence-corrected chi connectivity index (χ1v) is 16.8. The summed E-state index contributed by atoms with van der Waals surface area (Å²) in [5, 5.41) is 4.52. The van der Waals surface area contributed by atoms with Crippen LogP contribution in [0.4, 0.5) is 20.8 Å². The van der Waals surface area contributed by atoms with E-state index in [1.54, 1.807) is 48.5 Å². The zero-order chi connectivity index (χ0) is 33.7. The van der Waals surface area contributed by atoms with Crippen molar-refractivity contribution in [3.05, 3.63) is 66.2 Å². The van der Waals surface area contributed by atoms with Crippen LogP contribution >= 0.6 is 0 Å². The molecule has 1 aliphatic heterocycles. The van der Waals surface area contributed by atoms with Crippen LogP contribution in [0.25, 0.3) is 22.0 Å². The number of fused-ring (bicyclic) bond motifs is 1. The van der Waals surface area contributed by atoms with Crippen molar-refractivity contribution in [2.24, 2.45) is 0 Å². The lowest BCUT2D eigenvalue weighted by Crippen LogP contribution is -2.47. The molecule has 2 aromatic carbocycles. The summed E-state index contributed by atoms with van der Waals surface area (Å²) in [5.41, 5.74) is 1.57. The van der Waals surface area contributed by atoms with Crippen LogP contribution < -0.4 is 14.8 Å². The third kappa shape index (κ3) is 8.59. The predicted molar refractivity (Wildman–Crippen MR) is 182 cm³/mol. The molecule has 250 valence electrons. The second-order valence-corrected chi connectivity index (χ2v) is 13.8. The minimum atomic E-state index is -1.57. The number of pyridine rings is 1. The highest BCUT2D eigenvalue weighted by Crippen LogP contribution is 2.39. The maximum atomic E-state index is 15.0. The Morgan fingerprint density at radius 1 is 1.15 bits per heavy atom. The van der Waals surface area contributed by atoms with E-state index >= 15 is 4.39 Å². The third-order valence-corrected chi connectivity index (χ3v) is 8.81. The van der Waals surface area contributed by atoms with Crippen molar-refractivity contribution in [3.63, 3.8) is 0 Å². The molecule has 1 aliphatic rings. The Morgan fingerprint density at radius 2 is 1.94 bits per heavy atom. The molecule has 11 nitrogen and oxygen atoms in total. The summed E-state index contributed by atoms with van der Waals surface area (Å²) in [6.07, 6.45) is 4.36. The first-order chi connectivity index (χ1) is 22.4. The molecule has 0 bridgehead atoms. The van der Waals surface area contributed by atoms with E-state index in [0.29, 0.717) is 52.7 Å². The van der Waals surface area contributed by atoms with E-state index in [1.165, 1.54) is 13.2 Å². The molecule has 5 rings (SSSR count). The SMILES string of the molecule is CO[C@@H](C)C[S+]([O-])Nc1c(F)ccc2c(Oc3ncccc3-c3ccnc(N[C@H]4CCCN(C(=O)OC(C)(C)C)C4)n3)c(C)ccc12. The van der Waals surface area contributed by atoms with Gasteiger partial charge in [-0.25, -0.2) is 28.9 Å². The van der Waals surface area contributed by atoms with Crippen LogP contribution in [0.1, 0.15) is 46.1 Å². The minimum absolute atomic E-state index is 0.0512. The molecule has 3 heterocycles. The topological polar surface area (TPSA) is 134 Å². The number of benzene rings is 2. The van der Waals surface area contributed by atoms with Gasteiger partial charge in [0.15, 0.2) is 11.6 Å². The van der Waals surface area contributed by atoms with Crippen molar-refractivity contribution in [3.8, 4) is 22.9 Å². The zero-order valence-corrected chi connectivity index (χ0v) is 28.3. The summed E-state index contributed by atoms with van der Waals surface area (Å²) in [6.45, 7) is 10.4. The van der Waals surface area contributed by atoms with Crippen molar-refractivity contribution < 1.29 is 27.9 Å². The van der Waals surface area contributed by atoms with Crippen LogP contribution in [0.2, 0.25) is 0 Å². The number of nitrogens with one attached hydrogen (secondary N) is 2. The first kappa shape index (κ1) is 34.1. The highest BCUT2D eigenvalue weighted by Gasteiger charge is 2.28. The molecular formula is C34H41FN6O5S. The Labute approximate surface area is 277 Å². The molecule has 3 atom stereocenters. The Kier molecular flexibility index (Phi) is 10.7. The highest BCUT2D eigenvalue weighted by molar-refractivity contribution is 7.92. The number of carbonyl (C=O) groups excluding carboxylic acids is 1. The Bertz CT molecular complexity index is 1720. The average Bonchev–Trinajstić information content (AvgIpc) is 3.03. The quantitative estimate of drug-likeness (QED) is 0.173. The Balaban J connectivity index is 1.39. The van der Waals surface area contributed by atoms with Gasteiger partial charge in [-0.1, -0.05) is 12.1 Å². The summed E-state index contributed by atoms with van der Waals surface area (Å²) in [6, 6.07) is 11.9. The molecular weight excluding hydrogens is 623 g/mol. The number of anilines is 2. The molecule has 2 aromatic heterocycles. The minimum Gasteiger partial charge on any atom is -0.593 e. The van der Waals surface area contributed by atoms with Crippen molar-refractivity contribution in [2.45, 2.75) is 65.2 Å². The van der Waals surface area contributed by atoms with Crippen molar-refractivity contribution in [1.29, 1.82) is 0 Å². The fourth-order valence-corrected chi connectivity index (χ4v) is 6.33. The maximum absolute atomic E-state index is 15.0.